The second-order valence-electron chi connectivity index (χ2n) is 20.8. The molecular formula is C62H60N3OPt-. The van der Waals surface area contributed by atoms with Gasteiger partial charge in [0.15, 0.2) is 0 Å². The van der Waals surface area contributed by atoms with Crippen molar-refractivity contribution in [3.8, 4) is 78.6 Å². The quantitative estimate of drug-likeness (QED) is 0.162. The zero-order chi connectivity index (χ0) is 49.2. The van der Waals surface area contributed by atoms with Crippen LogP contribution in [0.2, 0.25) is 0 Å². The molecule has 0 saturated carbocycles. The number of phenols is 1. The molecule has 0 bridgehead atoms. The van der Waals surface area contributed by atoms with Gasteiger partial charge in [-0.3, -0.25) is 9.55 Å². The maximum atomic E-state index is 12.6. The van der Waals surface area contributed by atoms with E-state index in [-0.39, 0.29) is 43.2 Å². The third-order valence-electron chi connectivity index (χ3n) is 12.7. The number of nitrogens with zero attached hydrogens (tertiary/aromatic N) is 3. The van der Waals surface area contributed by atoms with E-state index in [0.717, 1.165) is 78.1 Å². The predicted molar refractivity (Wildman–Crippen MR) is 278 cm³/mol. The molecule has 5 heteroatoms. The van der Waals surface area contributed by atoms with E-state index < -0.39 is 12.3 Å². The van der Waals surface area contributed by atoms with E-state index in [9.17, 15) is 5.11 Å². The molecule has 7 aromatic carbocycles. The van der Waals surface area contributed by atoms with E-state index in [1.54, 1.807) is 12.1 Å². The zero-order valence-corrected chi connectivity index (χ0v) is 42.4. The standard InChI is InChI=1S/C62H60N3O.Pt/c1-39-20-23-42(24-21-39)44-30-31-63-54(36-44)47-34-45(41-16-13-12-14-17-41)33-46(35-47)50-18-15-19-56-57(50)64-59(52-37-49(61(6,7)8)38-53(58(52)66)62(9,10)11)65(56)55-29-22-40(2)32-51(55)43-25-27-48(28-26-43)60(3,4)5;/h12-34,36-38,66H,1-11H3;/q-1;/i2D3;. The Hall–Kier alpha value is -6.35. The van der Waals surface area contributed by atoms with Crippen LogP contribution in [0.4, 0.5) is 0 Å². The Morgan fingerprint density at radius 2 is 1.19 bits per heavy atom. The smallest absolute Gasteiger partial charge is 0.148 e. The van der Waals surface area contributed by atoms with Crippen LogP contribution in [0.15, 0.2) is 158 Å². The van der Waals surface area contributed by atoms with Crippen LogP contribution in [-0.2, 0) is 37.3 Å². The van der Waals surface area contributed by atoms with E-state index in [1.165, 1.54) is 11.1 Å². The van der Waals surface area contributed by atoms with Crippen molar-refractivity contribution in [3.63, 3.8) is 0 Å². The molecule has 4 nitrogen and oxygen atoms in total. The SMILES string of the molecule is [2H]C([2H])([2H])c1ccc(-n2c(-c3cc(C(C)(C)C)cc(C(C)(C)C)c3O)nc3c(-c4[c-]c(-c5cc(-c6ccc(C)cc6)ccn5)cc(-c5ccccc5)c4)cccc32)c(-c2ccc(C(C)(C)C)cc2)c1.[Pt]. The van der Waals surface area contributed by atoms with E-state index >= 15 is 0 Å². The molecule has 340 valence electrons. The molecule has 0 aliphatic heterocycles. The second kappa shape index (κ2) is 18.0. The van der Waals surface area contributed by atoms with Gasteiger partial charge in [-0.2, -0.15) is 0 Å². The molecule has 0 amide bonds. The number of benzene rings is 7. The summed E-state index contributed by atoms with van der Waals surface area (Å²) in [4.78, 5) is 10.5. The number of pyridine rings is 1. The third kappa shape index (κ3) is 9.47. The molecule has 9 aromatic rings. The van der Waals surface area contributed by atoms with Gasteiger partial charge in [-0.25, -0.2) is 4.98 Å². The average Bonchev–Trinajstić information content (AvgIpc) is 3.70. The Morgan fingerprint density at radius 1 is 0.537 bits per heavy atom. The van der Waals surface area contributed by atoms with Gasteiger partial charge in [-0.15, -0.1) is 23.8 Å². The maximum Gasteiger partial charge on any atom is 0.148 e. The molecule has 0 spiro atoms. The molecule has 1 N–H and O–H groups in total. The Balaban J connectivity index is 0.00000659. The number of phenolic OH excluding ortho intramolecular Hbond substituents is 1. The Kier molecular flexibility index (Phi) is 11.6. The van der Waals surface area contributed by atoms with Crippen LogP contribution in [0.1, 0.15) is 94.2 Å². The molecule has 0 atom stereocenters. The minimum Gasteiger partial charge on any atom is -0.507 e. The molecule has 0 saturated heterocycles. The van der Waals surface area contributed by atoms with Crippen molar-refractivity contribution in [1.82, 2.24) is 14.5 Å². The number of hydrogen-bond acceptors (Lipinski definition) is 3. The fraction of sp³-hybridized carbons (Fsp3) is 0.226. The molecule has 0 radical (unpaired) electrons. The van der Waals surface area contributed by atoms with Gasteiger partial charge in [0.2, 0.25) is 0 Å². The predicted octanol–water partition coefficient (Wildman–Crippen LogP) is 16.4. The van der Waals surface area contributed by atoms with Crippen LogP contribution < -0.4 is 0 Å². The summed E-state index contributed by atoms with van der Waals surface area (Å²) in [5.41, 5.74) is 15.7. The molecule has 2 aromatic heterocycles. The number of para-hydroxylation sites is 1. The van der Waals surface area contributed by atoms with Crippen molar-refractivity contribution < 1.29 is 30.3 Å². The number of rotatable bonds is 7. The molecule has 0 aliphatic carbocycles. The van der Waals surface area contributed by atoms with Crippen LogP contribution in [0.5, 0.6) is 5.75 Å². The van der Waals surface area contributed by atoms with Crippen molar-refractivity contribution in [2.45, 2.75) is 92.3 Å². The van der Waals surface area contributed by atoms with Gasteiger partial charge >= 0.3 is 0 Å². The van der Waals surface area contributed by atoms with Gasteiger partial charge in [0.1, 0.15) is 11.6 Å². The maximum absolute atomic E-state index is 12.6. The average molecular weight is 1060 g/mol. The Bertz CT molecular complexity index is 3370. The molecule has 0 unspecified atom stereocenters. The second-order valence-corrected chi connectivity index (χ2v) is 20.8. The van der Waals surface area contributed by atoms with Gasteiger partial charge in [0.05, 0.1) is 22.3 Å². The van der Waals surface area contributed by atoms with Crippen molar-refractivity contribution in [1.29, 1.82) is 0 Å². The third-order valence-corrected chi connectivity index (χ3v) is 12.7. The fourth-order valence-corrected chi connectivity index (χ4v) is 8.82. The molecule has 0 aliphatic rings. The largest absolute Gasteiger partial charge is 0.507 e. The summed E-state index contributed by atoms with van der Waals surface area (Å²) in [7, 11) is 0. The Morgan fingerprint density at radius 3 is 1.87 bits per heavy atom. The number of imidazole rings is 1. The fourth-order valence-electron chi connectivity index (χ4n) is 8.82. The van der Waals surface area contributed by atoms with Crippen LogP contribution >= 0.6 is 0 Å². The van der Waals surface area contributed by atoms with Crippen molar-refractivity contribution in [2.24, 2.45) is 0 Å². The summed E-state index contributed by atoms with van der Waals surface area (Å²) >= 11 is 0. The first-order valence-electron chi connectivity index (χ1n) is 24.4. The van der Waals surface area contributed by atoms with Gasteiger partial charge in [-0.05, 0) is 93.7 Å². The van der Waals surface area contributed by atoms with Gasteiger partial charge < -0.3 is 5.11 Å². The van der Waals surface area contributed by atoms with Gasteiger partial charge in [0.25, 0.3) is 0 Å². The Labute approximate surface area is 416 Å². The van der Waals surface area contributed by atoms with Crippen LogP contribution in [0.25, 0.3) is 83.9 Å². The van der Waals surface area contributed by atoms with Gasteiger partial charge in [0, 0.05) is 48.2 Å². The van der Waals surface area contributed by atoms with E-state index in [4.69, 9.17) is 14.1 Å². The minimum absolute atomic E-state index is 0. The van der Waals surface area contributed by atoms with Crippen molar-refractivity contribution in [2.75, 3.05) is 0 Å². The molecule has 9 rings (SSSR count). The number of fused-ring (bicyclic) bond motifs is 1. The van der Waals surface area contributed by atoms with E-state index in [0.29, 0.717) is 16.9 Å². The molecule has 2 heterocycles. The molecule has 0 fully saturated rings. The topological polar surface area (TPSA) is 50.9 Å². The van der Waals surface area contributed by atoms with E-state index in [2.05, 4.69) is 183 Å². The van der Waals surface area contributed by atoms with Crippen LogP contribution in [-0.4, -0.2) is 19.6 Å². The molecular weight excluding hydrogens is 998 g/mol. The van der Waals surface area contributed by atoms with Gasteiger partial charge in [-0.1, -0.05) is 199 Å². The summed E-state index contributed by atoms with van der Waals surface area (Å²) in [5, 5.41) is 12.6. The first-order chi connectivity index (χ1) is 32.5. The van der Waals surface area contributed by atoms with Crippen molar-refractivity contribution in [3.05, 3.63) is 192 Å². The van der Waals surface area contributed by atoms with Crippen LogP contribution in [0.3, 0.4) is 0 Å². The number of aryl methyl sites for hydroxylation is 2. The minimum atomic E-state index is -2.35. The summed E-state index contributed by atoms with van der Waals surface area (Å²) in [6.07, 6.45) is 1.86. The number of aromatic hydroxyl groups is 1. The summed E-state index contributed by atoms with van der Waals surface area (Å²) in [6, 6.07) is 55.3. The van der Waals surface area contributed by atoms with Crippen molar-refractivity contribution >= 4 is 11.0 Å². The first kappa shape index (κ1) is 43.2. The monoisotopic (exact) mass is 1060 g/mol. The normalized spacial score (nSPS) is 12.9. The van der Waals surface area contributed by atoms with Crippen LogP contribution in [0, 0.1) is 19.8 Å². The summed E-state index contributed by atoms with van der Waals surface area (Å²) in [6.45, 7) is 19.2. The number of aromatic nitrogens is 3. The summed E-state index contributed by atoms with van der Waals surface area (Å²) in [5.74, 6) is 0.691. The summed E-state index contributed by atoms with van der Waals surface area (Å²) < 4.78 is 27.6. The number of hydrogen-bond donors (Lipinski definition) is 1. The molecule has 67 heavy (non-hydrogen) atoms. The van der Waals surface area contributed by atoms with E-state index in [1.807, 2.05) is 42.6 Å². The first-order valence-corrected chi connectivity index (χ1v) is 22.9. The zero-order valence-electron chi connectivity index (χ0n) is 43.1.